The van der Waals surface area contributed by atoms with E-state index in [1.54, 1.807) is 20.8 Å². The zero-order valence-corrected chi connectivity index (χ0v) is 11.7. The molecule has 0 spiro atoms. The van der Waals surface area contributed by atoms with Gasteiger partial charge >= 0.3 is 12.1 Å². The summed E-state index contributed by atoms with van der Waals surface area (Å²) in [7, 11) is 0. The van der Waals surface area contributed by atoms with Crippen LogP contribution >= 0.6 is 0 Å². The Balaban J connectivity index is 2.92. The fraction of sp³-hybridized carbons (Fsp3) is 0.846. The molecule has 1 fully saturated rings. The van der Waals surface area contributed by atoms with Crippen LogP contribution in [-0.4, -0.2) is 39.8 Å². The summed E-state index contributed by atoms with van der Waals surface area (Å²) in [4.78, 5) is 25.0. The van der Waals surface area contributed by atoms with E-state index in [2.05, 4.69) is 0 Å². The van der Waals surface area contributed by atoms with Gasteiger partial charge in [-0.1, -0.05) is 13.3 Å². The van der Waals surface area contributed by atoms with E-state index in [4.69, 9.17) is 4.74 Å². The first-order chi connectivity index (χ1) is 8.23. The molecule has 0 radical (unpaired) electrons. The van der Waals surface area contributed by atoms with E-state index in [1.807, 2.05) is 6.92 Å². The van der Waals surface area contributed by atoms with Crippen molar-refractivity contribution in [2.24, 2.45) is 0 Å². The highest BCUT2D eigenvalue weighted by molar-refractivity contribution is 5.85. The van der Waals surface area contributed by atoms with Gasteiger partial charge in [-0.15, -0.1) is 0 Å². The summed E-state index contributed by atoms with van der Waals surface area (Å²) in [5.74, 6) is -0.923. The van der Waals surface area contributed by atoms with Crippen molar-refractivity contribution < 1.29 is 19.4 Å². The zero-order chi connectivity index (χ0) is 14.0. The summed E-state index contributed by atoms with van der Waals surface area (Å²) in [6.07, 6.45) is 1.91. The van der Waals surface area contributed by atoms with Crippen molar-refractivity contribution in [3.05, 3.63) is 0 Å². The normalized spacial score (nSPS) is 24.1. The molecule has 1 N–H and O–H groups in total. The maximum absolute atomic E-state index is 12.1. The van der Waals surface area contributed by atoms with Crippen molar-refractivity contribution in [2.45, 2.75) is 64.5 Å². The van der Waals surface area contributed by atoms with E-state index in [1.165, 1.54) is 4.90 Å². The molecule has 0 aliphatic carbocycles. The number of hydrogen-bond donors (Lipinski definition) is 1. The molecule has 5 nitrogen and oxygen atoms in total. The third-order valence-electron chi connectivity index (χ3n) is 3.16. The number of likely N-dealkylation sites (tertiary alicyclic amines) is 1. The van der Waals surface area contributed by atoms with Crippen LogP contribution in [0.3, 0.4) is 0 Å². The van der Waals surface area contributed by atoms with E-state index in [0.717, 1.165) is 6.42 Å². The van der Waals surface area contributed by atoms with Gasteiger partial charge < -0.3 is 9.84 Å². The second-order valence-corrected chi connectivity index (χ2v) is 5.82. The fourth-order valence-electron chi connectivity index (χ4n) is 2.46. The molecule has 1 rings (SSSR count). The molecule has 1 amide bonds. The first-order valence-corrected chi connectivity index (χ1v) is 6.47. The number of nitrogens with zero attached hydrogens (tertiary/aromatic N) is 1. The topological polar surface area (TPSA) is 66.8 Å². The van der Waals surface area contributed by atoms with Crippen LogP contribution in [0.25, 0.3) is 0 Å². The fourth-order valence-corrected chi connectivity index (χ4v) is 2.46. The maximum Gasteiger partial charge on any atom is 0.411 e. The molecule has 1 atom stereocenters. The van der Waals surface area contributed by atoms with E-state index >= 15 is 0 Å². The lowest BCUT2D eigenvalue weighted by molar-refractivity contribution is -0.150. The molecule has 0 saturated carbocycles. The van der Waals surface area contributed by atoms with Crippen LogP contribution in [0.2, 0.25) is 0 Å². The molecule has 0 aromatic carbocycles. The Hall–Kier alpha value is -1.26. The first-order valence-electron chi connectivity index (χ1n) is 6.47. The SMILES string of the molecule is CCCC1(C(=O)O)CCCN1C(=O)OC(C)(C)C. The molecular formula is C13H23NO4. The minimum atomic E-state index is -1.07. The summed E-state index contributed by atoms with van der Waals surface area (Å²) in [6.45, 7) is 7.73. The number of rotatable bonds is 3. The zero-order valence-electron chi connectivity index (χ0n) is 11.7. The Bertz CT molecular complexity index is 334. The van der Waals surface area contributed by atoms with Crippen molar-refractivity contribution in [1.82, 2.24) is 4.90 Å². The lowest BCUT2D eigenvalue weighted by Gasteiger charge is -2.35. The summed E-state index contributed by atoms with van der Waals surface area (Å²) in [5, 5.41) is 9.46. The molecular weight excluding hydrogens is 234 g/mol. The first kappa shape index (κ1) is 14.8. The van der Waals surface area contributed by atoms with E-state index < -0.39 is 23.2 Å². The standard InChI is InChI=1S/C13H23NO4/c1-5-7-13(10(15)16)8-6-9-14(13)11(17)18-12(2,3)4/h5-9H2,1-4H3,(H,15,16). The largest absolute Gasteiger partial charge is 0.479 e. The molecule has 104 valence electrons. The number of ether oxygens (including phenoxy) is 1. The number of aliphatic carboxylic acids is 1. The number of carbonyl (C=O) groups excluding carboxylic acids is 1. The minimum Gasteiger partial charge on any atom is -0.479 e. The Morgan fingerprint density at radius 2 is 2.00 bits per heavy atom. The van der Waals surface area contributed by atoms with Gasteiger partial charge in [0.2, 0.25) is 0 Å². The molecule has 18 heavy (non-hydrogen) atoms. The smallest absolute Gasteiger partial charge is 0.411 e. The van der Waals surface area contributed by atoms with Crippen molar-refractivity contribution in [3.63, 3.8) is 0 Å². The van der Waals surface area contributed by atoms with Crippen LogP contribution in [-0.2, 0) is 9.53 Å². The molecule has 0 aromatic heterocycles. The van der Waals surface area contributed by atoms with E-state index in [0.29, 0.717) is 25.8 Å². The predicted molar refractivity (Wildman–Crippen MR) is 67.4 cm³/mol. The van der Waals surface area contributed by atoms with Crippen molar-refractivity contribution in [3.8, 4) is 0 Å². The molecule has 0 aromatic rings. The summed E-state index contributed by atoms with van der Waals surface area (Å²) >= 11 is 0. The van der Waals surface area contributed by atoms with Gasteiger partial charge in [-0.2, -0.15) is 0 Å². The van der Waals surface area contributed by atoms with Gasteiger partial charge in [0.15, 0.2) is 0 Å². The highest BCUT2D eigenvalue weighted by Gasteiger charge is 2.50. The average Bonchev–Trinajstić information content (AvgIpc) is 2.60. The van der Waals surface area contributed by atoms with Gasteiger partial charge in [-0.05, 0) is 40.0 Å². The third kappa shape index (κ3) is 2.94. The molecule has 1 saturated heterocycles. The van der Waals surface area contributed by atoms with Crippen LogP contribution in [0.4, 0.5) is 4.79 Å². The molecule has 1 aliphatic rings. The van der Waals surface area contributed by atoms with Crippen LogP contribution in [0.5, 0.6) is 0 Å². The second-order valence-electron chi connectivity index (χ2n) is 5.82. The Morgan fingerprint density at radius 3 is 2.44 bits per heavy atom. The lowest BCUT2D eigenvalue weighted by atomic mass is 9.91. The van der Waals surface area contributed by atoms with Crippen LogP contribution in [0.15, 0.2) is 0 Å². The summed E-state index contributed by atoms with van der Waals surface area (Å²) in [5.41, 5.74) is -1.67. The van der Waals surface area contributed by atoms with Gasteiger partial charge in [0, 0.05) is 6.54 Å². The van der Waals surface area contributed by atoms with Crippen molar-refractivity contribution in [1.29, 1.82) is 0 Å². The van der Waals surface area contributed by atoms with E-state index in [-0.39, 0.29) is 0 Å². The molecule has 1 unspecified atom stereocenters. The molecule has 5 heteroatoms. The number of amides is 1. The Labute approximate surface area is 108 Å². The molecule has 1 aliphatic heterocycles. The van der Waals surface area contributed by atoms with Crippen molar-refractivity contribution >= 4 is 12.1 Å². The highest BCUT2D eigenvalue weighted by atomic mass is 16.6. The predicted octanol–water partition coefficient (Wildman–Crippen LogP) is 2.64. The van der Waals surface area contributed by atoms with Crippen molar-refractivity contribution in [2.75, 3.05) is 6.54 Å². The number of carbonyl (C=O) groups is 2. The number of carboxylic acids is 1. The minimum absolute atomic E-state index is 0.460. The molecule has 0 bridgehead atoms. The van der Waals surface area contributed by atoms with E-state index in [9.17, 15) is 14.7 Å². The van der Waals surface area contributed by atoms with Gasteiger partial charge in [-0.25, -0.2) is 9.59 Å². The molecule has 1 heterocycles. The second kappa shape index (κ2) is 5.16. The monoisotopic (exact) mass is 257 g/mol. The summed E-state index contributed by atoms with van der Waals surface area (Å²) < 4.78 is 5.30. The summed E-state index contributed by atoms with van der Waals surface area (Å²) in [6, 6.07) is 0. The quantitative estimate of drug-likeness (QED) is 0.844. The van der Waals surface area contributed by atoms with Gasteiger partial charge in [0.25, 0.3) is 0 Å². The maximum atomic E-state index is 12.1. The lowest BCUT2D eigenvalue weighted by Crippen LogP contribution is -2.54. The van der Waals surface area contributed by atoms with Gasteiger partial charge in [0.05, 0.1) is 0 Å². The number of carboxylic acid groups (broad SMARTS) is 1. The van der Waals surface area contributed by atoms with Crippen LogP contribution in [0, 0.1) is 0 Å². The van der Waals surface area contributed by atoms with Gasteiger partial charge in [-0.3, -0.25) is 4.90 Å². The van der Waals surface area contributed by atoms with Crippen LogP contribution < -0.4 is 0 Å². The van der Waals surface area contributed by atoms with Gasteiger partial charge in [0.1, 0.15) is 11.1 Å². The number of hydrogen-bond acceptors (Lipinski definition) is 3. The Morgan fingerprint density at radius 1 is 1.39 bits per heavy atom. The Kier molecular flexibility index (Phi) is 4.24. The average molecular weight is 257 g/mol. The highest BCUT2D eigenvalue weighted by Crippen LogP contribution is 2.35. The van der Waals surface area contributed by atoms with Crippen LogP contribution in [0.1, 0.15) is 53.4 Å². The third-order valence-corrected chi connectivity index (χ3v) is 3.16.